The molecule has 0 unspecified atom stereocenters. The zero-order chi connectivity index (χ0) is 16.7. The second-order valence-corrected chi connectivity index (χ2v) is 4.68. The van der Waals surface area contributed by atoms with Crippen LogP contribution in [0, 0.1) is 0 Å². The Morgan fingerprint density at radius 3 is 2.22 bits per heavy atom. The van der Waals surface area contributed by atoms with E-state index in [0.29, 0.717) is 5.56 Å². The number of aliphatic carboxylic acids is 1. The summed E-state index contributed by atoms with van der Waals surface area (Å²) in [5, 5.41) is 8.48. The van der Waals surface area contributed by atoms with Gasteiger partial charge in [-0.15, -0.1) is 0 Å². The van der Waals surface area contributed by atoms with E-state index in [1.54, 1.807) is 6.08 Å². The number of carboxylic acid groups (broad SMARTS) is 1. The summed E-state index contributed by atoms with van der Waals surface area (Å²) in [4.78, 5) is 33.6. The van der Waals surface area contributed by atoms with Crippen molar-refractivity contribution in [3.8, 4) is 5.75 Å². The van der Waals surface area contributed by atoms with Crippen LogP contribution in [-0.2, 0) is 9.59 Å². The van der Waals surface area contributed by atoms with E-state index in [0.717, 1.165) is 5.56 Å². The fourth-order valence-corrected chi connectivity index (χ4v) is 1.81. The van der Waals surface area contributed by atoms with Gasteiger partial charge in [-0.1, -0.05) is 36.4 Å². The number of ether oxygens (including phenoxy) is 1. The van der Waals surface area contributed by atoms with Crippen LogP contribution in [0.1, 0.15) is 22.3 Å². The summed E-state index contributed by atoms with van der Waals surface area (Å²) in [5.41, 5.74) is 1.36. The van der Waals surface area contributed by atoms with Gasteiger partial charge in [0, 0.05) is 5.56 Å². The van der Waals surface area contributed by atoms with Gasteiger partial charge in [0.15, 0.2) is 5.78 Å². The van der Waals surface area contributed by atoms with Crippen molar-refractivity contribution >= 4 is 23.8 Å². The molecule has 0 saturated heterocycles. The van der Waals surface area contributed by atoms with Crippen molar-refractivity contribution in [3.63, 3.8) is 0 Å². The van der Waals surface area contributed by atoms with Gasteiger partial charge in [0.25, 0.3) is 0 Å². The molecule has 0 atom stereocenters. The van der Waals surface area contributed by atoms with Crippen LogP contribution < -0.4 is 4.74 Å². The maximum Gasteiger partial charge on any atom is 0.322 e. The number of carbonyl (C=O) groups is 3. The van der Waals surface area contributed by atoms with Crippen LogP contribution in [0.2, 0.25) is 0 Å². The average Bonchev–Trinajstić information content (AvgIpc) is 2.53. The molecule has 5 nitrogen and oxygen atoms in total. The van der Waals surface area contributed by atoms with Gasteiger partial charge in [-0.3, -0.25) is 14.4 Å². The molecule has 5 heteroatoms. The summed E-state index contributed by atoms with van der Waals surface area (Å²) in [6.07, 6.45) is 2.46. The monoisotopic (exact) mass is 310 g/mol. The van der Waals surface area contributed by atoms with Crippen LogP contribution in [0.4, 0.5) is 0 Å². The number of esters is 1. The molecule has 0 aliphatic heterocycles. The molecule has 0 spiro atoms. The summed E-state index contributed by atoms with van der Waals surface area (Å²) < 4.78 is 4.84. The first-order valence-corrected chi connectivity index (χ1v) is 6.84. The van der Waals surface area contributed by atoms with Gasteiger partial charge in [-0.25, -0.2) is 0 Å². The van der Waals surface area contributed by atoms with Gasteiger partial charge in [0.05, 0.1) is 0 Å². The fourth-order valence-electron chi connectivity index (χ4n) is 1.81. The third-order valence-electron chi connectivity index (χ3n) is 2.89. The van der Waals surface area contributed by atoms with E-state index in [4.69, 9.17) is 9.84 Å². The van der Waals surface area contributed by atoms with Crippen molar-refractivity contribution in [3.05, 3.63) is 71.8 Å². The Morgan fingerprint density at radius 2 is 1.61 bits per heavy atom. The van der Waals surface area contributed by atoms with Crippen molar-refractivity contribution < 1.29 is 24.2 Å². The Balaban J connectivity index is 1.99. The predicted octanol–water partition coefficient (Wildman–Crippen LogP) is 2.96. The van der Waals surface area contributed by atoms with E-state index in [1.165, 1.54) is 30.3 Å². The Bertz CT molecular complexity index is 730. The molecule has 23 heavy (non-hydrogen) atoms. The molecule has 1 N–H and O–H groups in total. The molecule has 0 saturated carbocycles. The van der Waals surface area contributed by atoms with Crippen LogP contribution in [0.5, 0.6) is 5.75 Å². The SMILES string of the molecule is O=C(O)CC(=O)Oc1ccc(C(=O)/C=C/c2ccccc2)cc1. The minimum atomic E-state index is -1.26. The molecule has 2 aromatic rings. The number of allylic oxidation sites excluding steroid dienone is 1. The second kappa shape index (κ2) is 7.70. The van der Waals surface area contributed by atoms with E-state index >= 15 is 0 Å². The molecule has 0 heterocycles. The van der Waals surface area contributed by atoms with Crippen molar-refractivity contribution in [2.45, 2.75) is 6.42 Å². The first kappa shape index (κ1) is 16.2. The maximum atomic E-state index is 12.0. The Kier molecular flexibility index (Phi) is 5.41. The lowest BCUT2D eigenvalue weighted by Gasteiger charge is -2.03. The second-order valence-electron chi connectivity index (χ2n) is 4.68. The van der Waals surface area contributed by atoms with Gasteiger partial charge < -0.3 is 9.84 Å². The Morgan fingerprint density at radius 1 is 0.957 bits per heavy atom. The standard InChI is InChI=1S/C18H14O5/c19-16(11-6-13-4-2-1-3-5-13)14-7-9-15(10-8-14)23-18(22)12-17(20)21/h1-11H,12H2,(H,20,21)/b11-6+. The summed E-state index contributed by atoms with van der Waals surface area (Å²) in [5.74, 6) is -2.11. The normalized spacial score (nSPS) is 10.4. The molecular formula is C18H14O5. The number of carbonyl (C=O) groups excluding carboxylic acids is 2. The Labute approximate surface area is 132 Å². The van der Waals surface area contributed by atoms with E-state index in [1.807, 2.05) is 30.3 Å². The number of hydrogen-bond acceptors (Lipinski definition) is 4. The third-order valence-corrected chi connectivity index (χ3v) is 2.89. The number of rotatable bonds is 6. The van der Waals surface area contributed by atoms with Gasteiger partial charge in [0.2, 0.25) is 0 Å². The minimum absolute atomic E-state index is 0.183. The van der Waals surface area contributed by atoms with Gasteiger partial charge in [-0.2, -0.15) is 0 Å². The molecular weight excluding hydrogens is 296 g/mol. The van der Waals surface area contributed by atoms with Crippen LogP contribution in [0.15, 0.2) is 60.7 Å². The lowest BCUT2D eigenvalue weighted by atomic mass is 10.1. The van der Waals surface area contributed by atoms with Crippen molar-refractivity contribution in [2.75, 3.05) is 0 Å². The Hall–Kier alpha value is -3.21. The first-order chi connectivity index (χ1) is 11.0. The van der Waals surface area contributed by atoms with Crippen molar-refractivity contribution in [1.29, 1.82) is 0 Å². The maximum absolute atomic E-state index is 12.0. The number of hydrogen-bond donors (Lipinski definition) is 1. The van der Waals surface area contributed by atoms with Gasteiger partial charge >= 0.3 is 11.9 Å². The van der Waals surface area contributed by atoms with Crippen molar-refractivity contribution in [1.82, 2.24) is 0 Å². The van der Waals surface area contributed by atoms with Crippen LogP contribution in [0.25, 0.3) is 6.08 Å². The van der Waals surface area contributed by atoms with E-state index < -0.39 is 18.4 Å². The molecule has 0 amide bonds. The smallest absolute Gasteiger partial charge is 0.322 e. The van der Waals surface area contributed by atoms with Crippen LogP contribution in [-0.4, -0.2) is 22.8 Å². The van der Waals surface area contributed by atoms with Gasteiger partial charge in [0.1, 0.15) is 12.2 Å². The summed E-state index contributed by atoms with van der Waals surface area (Å²) in [6, 6.07) is 15.3. The number of ketones is 1. The number of benzene rings is 2. The van der Waals surface area contributed by atoms with Crippen LogP contribution in [0.3, 0.4) is 0 Å². The van der Waals surface area contributed by atoms with E-state index in [9.17, 15) is 14.4 Å². The zero-order valence-electron chi connectivity index (χ0n) is 12.1. The van der Waals surface area contributed by atoms with Crippen LogP contribution >= 0.6 is 0 Å². The highest BCUT2D eigenvalue weighted by Gasteiger charge is 2.10. The molecule has 0 aromatic heterocycles. The topological polar surface area (TPSA) is 80.7 Å². The molecule has 0 fully saturated rings. The fraction of sp³-hybridized carbons (Fsp3) is 0.0556. The summed E-state index contributed by atoms with van der Waals surface area (Å²) in [6.45, 7) is 0. The average molecular weight is 310 g/mol. The first-order valence-electron chi connectivity index (χ1n) is 6.84. The highest BCUT2D eigenvalue weighted by atomic mass is 16.5. The molecule has 0 bridgehead atoms. The minimum Gasteiger partial charge on any atom is -0.481 e. The zero-order valence-corrected chi connectivity index (χ0v) is 12.1. The molecule has 116 valence electrons. The molecule has 0 radical (unpaired) electrons. The lowest BCUT2D eigenvalue weighted by molar-refractivity contribution is -0.145. The lowest BCUT2D eigenvalue weighted by Crippen LogP contribution is -2.13. The summed E-state index contributed by atoms with van der Waals surface area (Å²) in [7, 11) is 0. The molecule has 0 aliphatic rings. The number of carboxylic acids is 1. The molecule has 2 aromatic carbocycles. The van der Waals surface area contributed by atoms with E-state index in [2.05, 4.69) is 0 Å². The largest absolute Gasteiger partial charge is 0.481 e. The third kappa shape index (κ3) is 5.24. The highest BCUT2D eigenvalue weighted by Crippen LogP contribution is 2.14. The summed E-state index contributed by atoms with van der Waals surface area (Å²) >= 11 is 0. The van der Waals surface area contributed by atoms with E-state index in [-0.39, 0.29) is 11.5 Å². The quantitative estimate of drug-likeness (QED) is 0.292. The van der Waals surface area contributed by atoms with Gasteiger partial charge in [-0.05, 0) is 35.9 Å². The molecule has 0 aliphatic carbocycles. The van der Waals surface area contributed by atoms with Crippen molar-refractivity contribution in [2.24, 2.45) is 0 Å². The highest BCUT2D eigenvalue weighted by molar-refractivity contribution is 6.06. The molecule has 2 rings (SSSR count). The predicted molar refractivity (Wildman–Crippen MR) is 84.1 cm³/mol.